The molecule has 0 bridgehead atoms. The molecule has 0 aliphatic rings. The highest BCUT2D eigenvalue weighted by Gasteiger charge is 2.03. The third-order valence-electron chi connectivity index (χ3n) is 2.09. The highest BCUT2D eigenvalue weighted by molar-refractivity contribution is 5.90. The summed E-state index contributed by atoms with van der Waals surface area (Å²) in [4.78, 5) is 14.7. The van der Waals surface area contributed by atoms with E-state index in [4.69, 9.17) is 5.73 Å². The van der Waals surface area contributed by atoms with Crippen molar-refractivity contribution in [2.45, 2.75) is 20.4 Å². The molecule has 0 radical (unpaired) electrons. The van der Waals surface area contributed by atoms with Crippen molar-refractivity contribution in [3.05, 3.63) is 54.1 Å². The Hall–Kier alpha value is -2.10. The number of aromatic nitrogens is 2. The number of carbonyl (C=O) groups is 1. The van der Waals surface area contributed by atoms with Gasteiger partial charge in [-0.15, -0.1) is 0 Å². The predicted octanol–water partition coefficient (Wildman–Crippen LogP) is 2.06. The van der Waals surface area contributed by atoms with Crippen LogP contribution in [0.1, 0.15) is 29.9 Å². The highest BCUT2D eigenvalue weighted by Crippen LogP contribution is 2.03. The number of rotatable bonds is 3. The van der Waals surface area contributed by atoms with Gasteiger partial charge in [-0.1, -0.05) is 44.2 Å². The number of carbonyl (C=O) groups excluding carboxylic acids is 1. The molecule has 0 saturated heterocycles. The van der Waals surface area contributed by atoms with Crippen molar-refractivity contribution in [3.63, 3.8) is 0 Å². The lowest BCUT2D eigenvalue weighted by Crippen LogP contribution is -2.11. The summed E-state index contributed by atoms with van der Waals surface area (Å²) in [6.07, 6.45) is 3.25. The Balaban J connectivity index is 0.000000686. The molecule has 0 aliphatic carbocycles. The molecule has 1 aromatic heterocycles. The molecule has 0 fully saturated rings. The van der Waals surface area contributed by atoms with E-state index in [1.54, 1.807) is 12.5 Å². The van der Waals surface area contributed by atoms with Crippen LogP contribution in [-0.2, 0) is 6.54 Å². The summed E-state index contributed by atoms with van der Waals surface area (Å²) in [6, 6.07) is 9.95. The van der Waals surface area contributed by atoms with E-state index in [1.807, 2.05) is 48.7 Å². The summed E-state index contributed by atoms with van der Waals surface area (Å²) < 4.78 is 1.83. The first-order valence-corrected chi connectivity index (χ1v) is 5.61. The van der Waals surface area contributed by atoms with Crippen LogP contribution in [0.25, 0.3) is 0 Å². The second-order valence-electron chi connectivity index (χ2n) is 3.28. The van der Waals surface area contributed by atoms with Gasteiger partial charge in [0.25, 0.3) is 5.91 Å². The highest BCUT2D eigenvalue weighted by atomic mass is 16.1. The molecule has 1 heterocycles. The minimum absolute atomic E-state index is 0.297. The van der Waals surface area contributed by atoms with Crippen molar-refractivity contribution in [2.24, 2.45) is 5.73 Å². The van der Waals surface area contributed by atoms with Crippen molar-refractivity contribution in [1.29, 1.82) is 0 Å². The molecule has 0 saturated carbocycles. The smallest absolute Gasteiger partial charge is 0.268 e. The summed E-state index contributed by atoms with van der Waals surface area (Å²) >= 11 is 0. The van der Waals surface area contributed by atoms with Gasteiger partial charge >= 0.3 is 0 Å². The van der Waals surface area contributed by atoms with E-state index < -0.39 is 5.91 Å². The Morgan fingerprint density at radius 2 is 1.94 bits per heavy atom. The monoisotopic (exact) mass is 231 g/mol. The van der Waals surface area contributed by atoms with Crippen molar-refractivity contribution < 1.29 is 4.79 Å². The van der Waals surface area contributed by atoms with Gasteiger partial charge in [0.2, 0.25) is 0 Å². The first kappa shape index (κ1) is 13.0. The predicted molar refractivity (Wildman–Crippen MR) is 67.6 cm³/mol. The van der Waals surface area contributed by atoms with E-state index >= 15 is 0 Å². The van der Waals surface area contributed by atoms with Gasteiger partial charge in [-0.3, -0.25) is 4.79 Å². The number of primary amides is 1. The first-order valence-electron chi connectivity index (χ1n) is 5.61. The van der Waals surface area contributed by atoms with Crippen LogP contribution in [0, 0.1) is 0 Å². The van der Waals surface area contributed by atoms with Crippen molar-refractivity contribution in [1.82, 2.24) is 9.55 Å². The SMILES string of the molecule is CC.NC(=O)c1cn(Cc2ccccc2)cn1. The van der Waals surface area contributed by atoms with Crippen molar-refractivity contribution in [2.75, 3.05) is 0 Å². The van der Waals surface area contributed by atoms with E-state index in [9.17, 15) is 4.79 Å². The van der Waals surface area contributed by atoms with Crippen LogP contribution in [0.5, 0.6) is 0 Å². The minimum atomic E-state index is -0.498. The Morgan fingerprint density at radius 1 is 1.29 bits per heavy atom. The molecular formula is C13H17N3O. The molecule has 4 nitrogen and oxygen atoms in total. The fourth-order valence-electron chi connectivity index (χ4n) is 1.37. The third kappa shape index (κ3) is 3.75. The topological polar surface area (TPSA) is 60.9 Å². The average molecular weight is 231 g/mol. The van der Waals surface area contributed by atoms with E-state index in [1.165, 1.54) is 0 Å². The fraction of sp³-hybridized carbons (Fsp3) is 0.231. The van der Waals surface area contributed by atoms with Gasteiger partial charge < -0.3 is 10.3 Å². The van der Waals surface area contributed by atoms with Crippen LogP contribution in [0.2, 0.25) is 0 Å². The number of hydrogen-bond acceptors (Lipinski definition) is 2. The lowest BCUT2D eigenvalue weighted by Gasteiger charge is -2.00. The maximum absolute atomic E-state index is 10.8. The Kier molecular flexibility index (Phi) is 4.94. The summed E-state index contributed by atoms with van der Waals surface area (Å²) in [7, 11) is 0. The quantitative estimate of drug-likeness (QED) is 0.878. The zero-order valence-electron chi connectivity index (χ0n) is 10.1. The van der Waals surface area contributed by atoms with Crippen LogP contribution < -0.4 is 5.73 Å². The molecule has 17 heavy (non-hydrogen) atoms. The number of nitrogens with zero attached hydrogens (tertiary/aromatic N) is 2. The zero-order valence-corrected chi connectivity index (χ0v) is 10.1. The molecular weight excluding hydrogens is 214 g/mol. The first-order chi connectivity index (χ1) is 8.25. The van der Waals surface area contributed by atoms with Crippen molar-refractivity contribution >= 4 is 5.91 Å². The van der Waals surface area contributed by atoms with Gasteiger partial charge in [0.05, 0.1) is 6.33 Å². The van der Waals surface area contributed by atoms with Gasteiger partial charge in [0.15, 0.2) is 0 Å². The average Bonchev–Trinajstić information content (AvgIpc) is 2.82. The molecule has 0 aliphatic heterocycles. The second-order valence-corrected chi connectivity index (χ2v) is 3.28. The third-order valence-corrected chi connectivity index (χ3v) is 2.09. The maximum atomic E-state index is 10.8. The largest absolute Gasteiger partial charge is 0.364 e. The van der Waals surface area contributed by atoms with E-state index in [0.29, 0.717) is 12.2 Å². The van der Waals surface area contributed by atoms with Gasteiger partial charge in [-0.2, -0.15) is 0 Å². The Labute approximate surface area is 101 Å². The lowest BCUT2D eigenvalue weighted by atomic mass is 10.2. The summed E-state index contributed by atoms with van der Waals surface area (Å²) in [5, 5.41) is 0. The van der Waals surface area contributed by atoms with Gasteiger partial charge in [-0.05, 0) is 5.56 Å². The van der Waals surface area contributed by atoms with Crippen LogP contribution in [0.3, 0.4) is 0 Å². The second kappa shape index (κ2) is 6.48. The number of imidazole rings is 1. The Bertz CT molecular complexity index is 463. The molecule has 2 rings (SSSR count). The van der Waals surface area contributed by atoms with Crippen LogP contribution >= 0.6 is 0 Å². The van der Waals surface area contributed by atoms with Gasteiger partial charge in [-0.25, -0.2) is 4.98 Å². The molecule has 0 spiro atoms. The zero-order chi connectivity index (χ0) is 12.7. The molecule has 90 valence electrons. The van der Waals surface area contributed by atoms with Crippen molar-refractivity contribution in [3.8, 4) is 0 Å². The summed E-state index contributed by atoms with van der Waals surface area (Å²) in [5.41, 5.74) is 6.56. The van der Waals surface area contributed by atoms with Crippen LogP contribution in [0.4, 0.5) is 0 Å². The maximum Gasteiger partial charge on any atom is 0.268 e. The molecule has 0 unspecified atom stereocenters. The molecule has 2 N–H and O–H groups in total. The molecule has 1 aromatic carbocycles. The number of amides is 1. The van der Waals surface area contributed by atoms with Crippen LogP contribution in [0.15, 0.2) is 42.9 Å². The lowest BCUT2D eigenvalue weighted by molar-refractivity contribution is 0.0996. The molecule has 4 heteroatoms. The number of nitrogens with two attached hydrogens (primary N) is 1. The fourth-order valence-corrected chi connectivity index (χ4v) is 1.37. The van der Waals surface area contributed by atoms with E-state index in [2.05, 4.69) is 4.98 Å². The number of hydrogen-bond donors (Lipinski definition) is 1. The van der Waals surface area contributed by atoms with E-state index in [0.717, 1.165) is 5.56 Å². The van der Waals surface area contributed by atoms with Crippen LogP contribution in [-0.4, -0.2) is 15.5 Å². The normalized spacial score (nSPS) is 9.29. The summed E-state index contributed by atoms with van der Waals surface area (Å²) in [5.74, 6) is -0.498. The Morgan fingerprint density at radius 3 is 2.47 bits per heavy atom. The van der Waals surface area contributed by atoms with E-state index in [-0.39, 0.29) is 0 Å². The van der Waals surface area contributed by atoms with Gasteiger partial charge in [0.1, 0.15) is 5.69 Å². The summed E-state index contributed by atoms with van der Waals surface area (Å²) in [6.45, 7) is 4.70. The minimum Gasteiger partial charge on any atom is -0.364 e. The van der Waals surface area contributed by atoms with Gasteiger partial charge in [0, 0.05) is 12.7 Å². The standard InChI is InChI=1S/C11H11N3O.C2H6/c12-11(15)10-7-14(8-13-10)6-9-4-2-1-3-5-9;1-2/h1-5,7-8H,6H2,(H2,12,15);1-2H3. The molecule has 2 aromatic rings. The molecule has 0 atom stereocenters. The molecule has 1 amide bonds. The number of benzene rings is 1.